The number of morpholine rings is 1. The molecule has 1 aromatic rings. The highest BCUT2D eigenvalue weighted by atomic mass is 19.4. The predicted octanol–water partition coefficient (Wildman–Crippen LogP) is 1.12. The molecule has 0 radical (unpaired) electrons. The van der Waals surface area contributed by atoms with E-state index in [9.17, 15) is 32.9 Å². The number of benzene rings is 1. The number of hydrogen-bond acceptors (Lipinski definition) is 6. The van der Waals surface area contributed by atoms with E-state index in [0.717, 1.165) is 12.1 Å². The minimum atomic E-state index is -4.69. The summed E-state index contributed by atoms with van der Waals surface area (Å²) in [6.45, 7) is 1.99. The van der Waals surface area contributed by atoms with E-state index in [-0.39, 0.29) is 31.9 Å². The van der Waals surface area contributed by atoms with Gasteiger partial charge in [-0.25, -0.2) is 0 Å². The fourth-order valence-electron chi connectivity index (χ4n) is 3.30. The van der Waals surface area contributed by atoms with Gasteiger partial charge in [0.15, 0.2) is 0 Å². The van der Waals surface area contributed by atoms with Crippen LogP contribution in [0.3, 0.4) is 0 Å². The van der Waals surface area contributed by atoms with Crippen LogP contribution >= 0.6 is 0 Å². The minimum Gasteiger partial charge on any atom is -0.378 e. The molecule has 12 heteroatoms. The van der Waals surface area contributed by atoms with E-state index in [4.69, 9.17) is 4.74 Å². The first-order valence-electron chi connectivity index (χ1n) is 8.95. The number of anilines is 1. The number of nitro benzene ring substituents is 1. The van der Waals surface area contributed by atoms with Crippen molar-refractivity contribution in [2.45, 2.75) is 6.18 Å². The number of ether oxygens (including phenoxy) is 1. The molecule has 1 aromatic carbocycles. The van der Waals surface area contributed by atoms with E-state index >= 15 is 0 Å². The monoisotopic (exact) mass is 416 g/mol. The molecule has 0 N–H and O–H groups in total. The van der Waals surface area contributed by atoms with Crippen molar-refractivity contribution < 1.29 is 32.4 Å². The van der Waals surface area contributed by atoms with Crippen LogP contribution in [0.25, 0.3) is 0 Å². The maximum Gasteiger partial charge on any atom is 0.416 e. The third kappa shape index (κ3) is 4.58. The number of nitro groups is 1. The Labute approximate surface area is 163 Å². The smallest absolute Gasteiger partial charge is 0.378 e. The second-order valence-corrected chi connectivity index (χ2v) is 6.64. The SMILES string of the molecule is O=C(C(=O)N1CCN(c2ccc(C(F)(F)F)cc2[N+](=O)[O-])CC1)N1CCOCC1. The third-order valence-corrected chi connectivity index (χ3v) is 4.89. The van der Waals surface area contributed by atoms with Gasteiger partial charge in [-0.1, -0.05) is 0 Å². The van der Waals surface area contributed by atoms with Crippen LogP contribution in [-0.4, -0.2) is 79.0 Å². The zero-order chi connectivity index (χ0) is 21.2. The molecule has 0 spiro atoms. The highest BCUT2D eigenvalue weighted by molar-refractivity contribution is 6.34. The van der Waals surface area contributed by atoms with Crippen molar-refractivity contribution in [3.8, 4) is 0 Å². The number of piperazine rings is 1. The van der Waals surface area contributed by atoms with Crippen LogP contribution in [0.1, 0.15) is 5.56 Å². The Morgan fingerprint density at radius 3 is 2.03 bits per heavy atom. The van der Waals surface area contributed by atoms with Gasteiger partial charge in [0.05, 0.1) is 23.7 Å². The zero-order valence-electron chi connectivity index (χ0n) is 15.4. The van der Waals surface area contributed by atoms with Crippen molar-refractivity contribution in [1.29, 1.82) is 0 Å². The molecule has 29 heavy (non-hydrogen) atoms. The Kier molecular flexibility index (Phi) is 5.91. The van der Waals surface area contributed by atoms with Crippen LogP contribution in [0.15, 0.2) is 18.2 Å². The first-order valence-corrected chi connectivity index (χ1v) is 8.95. The Morgan fingerprint density at radius 2 is 1.52 bits per heavy atom. The predicted molar refractivity (Wildman–Crippen MR) is 94.3 cm³/mol. The van der Waals surface area contributed by atoms with Crippen LogP contribution in [0.2, 0.25) is 0 Å². The summed E-state index contributed by atoms with van der Waals surface area (Å²) >= 11 is 0. The van der Waals surface area contributed by atoms with Gasteiger partial charge in [-0.05, 0) is 12.1 Å². The second-order valence-electron chi connectivity index (χ2n) is 6.64. The van der Waals surface area contributed by atoms with Gasteiger partial charge in [-0.15, -0.1) is 0 Å². The van der Waals surface area contributed by atoms with Gasteiger partial charge in [0, 0.05) is 45.3 Å². The lowest BCUT2D eigenvalue weighted by atomic mass is 10.1. The number of nitrogens with zero attached hydrogens (tertiary/aromatic N) is 4. The summed E-state index contributed by atoms with van der Waals surface area (Å²) in [5, 5.41) is 11.3. The normalized spacial score (nSPS) is 18.0. The zero-order valence-corrected chi connectivity index (χ0v) is 15.4. The van der Waals surface area contributed by atoms with Crippen LogP contribution < -0.4 is 4.90 Å². The van der Waals surface area contributed by atoms with Gasteiger partial charge in [-0.3, -0.25) is 19.7 Å². The summed E-state index contributed by atoms with van der Waals surface area (Å²) in [6.07, 6.45) is -4.69. The molecule has 2 fully saturated rings. The van der Waals surface area contributed by atoms with E-state index < -0.39 is 34.2 Å². The Morgan fingerprint density at radius 1 is 0.966 bits per heavy atom. The summed E-state index contributed by atoms with van der Waals surface area (Å²) in [5.41, 5.74) is -1.70. The second kappa shape index (κ2) is 8.23. The summed E-state index contributed by atoms with van der Waals surface area (Å²) in [6, 6.07) is 2.37. The van der Waals surface area contributed by atoms with Crippen LogP contribution in [0, 0.1) is 10.1 Å². The molecule has 2 heterocycles. The van der Waals surface area contributed by atoms with Crippen LogP contribution in [-0.2, 0) is 20.5 Å². The number of halogens is 3. The molecule has 2 amide bonds. The van der Waals surface area contributed by atoms with Gasteiger partial charge in [0.25, 0.3) is 5.69 Å². The van der Waals surface area contributed by atoms with E-state index in [1.807, 2.05) is 0 Å². The lowest BCUT2D eigenvalue weighted by Crippen LogP contribution is -2.54. The van der Waals surface area contributed by atoms with Crippen LogP contribution in [0.5, 0.6) is 0 Å². The van der Waals surface area contributed by atoms with E-state index in [1.54, 1.807) is 4.90 Å². The molecule has 0 atom stereocenters. The minimum absolute atomic E-state index is 0.0506. The number of carbonyl (C=O) groups is 2. The fourth-order valence-corrected chi connectivity index (χ4v) is 3.30. The van der Waals surface area contributed by atoms with Gasteiger partial charge in [-0.2, -0.15) is 13.2 Å². The maximum absolute atomic E-state index is 12.9. The molecule has 0 aliphatic carbocycles. The van der Waals surface area contributed by atoms with Gasteiger partial charge in [0.2, 0.25) is 0 Å². The molecular formula is C17H19F3N4O5. The molecule has 0 bridgehead atoms. The first-order chi connectivity index (χ1) is 13.7. The number of rotatable bonds is 2. The standard InChI is InChI=1S/C17H19F3N4O5/c18-17(19,20)12-1-2-13(14(11-12)24(27)28)21-3-5-22(6-4-21)15(25)16(26)23-7-9-29-10-8-23/h1-2,11H,3-10H2. The highest BCUT2D eigenvalue weighted by Crippen LogP contribution is 2.36. The summed E-state index contributed by atoms with van der Waals surface area (Å²) in [4.78, 5) is 39.4. The third-order valence-electron chi connectivity index (χ3n) is 4.89. The number of hydrogen-bond donors (Lipinski definition) is 0. The lowest BCUT2D eigenvalue weighted by Gasteiger charge is -2.36. The average molecular weight is 416 g/mol. The highest BCUT2D eigenvalue weighted by Gasteiger charge is 2.35. The topological polar surface area (TPSA) is 96.2 Å². The molecule has 9 nitrogen and oxygen atoms in total. The largest absolute Gasteiger partial charge is 0.416 e. The molecule has 0 aromatic heterocycles. The number of carbonyl (C=O) groups excluding carboxylic acids is 2. The maximum atomic E-state index is 12.9. The van der Waals surface area contributed by atoms with Crippen molar-refractivity contribution in [1.82, 2.24) is 9.80 Å². The first kappa shape index (κ1) is 20.8. The molecule has 0 saturated carbocycles. The molecular weight excluding hydrogens is 397 g/mol. The van der Waals surface area contributed by atoms with E-state index in [1.165, 1.54) is 9.80 Å². The summed E-state index contributed by atoms with van der Waals surface area (Å²) < 4.78 is 43.7. The van der Waals surface area contributed by atoms with Crippen molar-refractivity contribution in [2.24, 2.45) is 0 Å². The fraction of sp³-hybridized carbons (Fsp3) is 0.529. The Hall–Kier alpha value is -2.89. The molecule has 2 saturated heterocycles. The quantitative estimate of drug-likeness (QED) is 0.407. The number of alkyl halides is 3. The summed E-state index contributed by atoms with van der Waals surface area (Å²) in [7, 11) is 0. The molecule has 158 valence electrons. The Bertz CT molecular complexity index is 803. The van der Waals surface area contributed by atoms with E-state index in [0.29, 0.717) is 32.4 Å². The molecule has 2 aliphatic heterocycles. The average Bonchev–Trinajstić information content (AvgIpc) is 2.72. The van der Waals surface area contributed by atoms with Crippen molar-refractivity contribution in [3.63, 3.8) is 0 Å². The van der Waals surface area contributed by atoms with Crippen molar-refractivity contribution >= 4 is 23.2 Å². The van der Waals surface area contributed by atoms with Gasteiger partial charge < -0.3 is 19.4 Å². The molecule has 2 aliphatic rings. The van der Waals surface area contributed by atoms with Crippen molar-refractivity contribution in [3.05, 3.63) is 33.9 Å². The Balaban J connectivity index is 1.68. The van der Waals surface area contributed by atoms with Crippen molar-refractivity contribution in [2.75, 3.05) is 57.4 Å². The summed E-state index contributed by atoms with van der Waals surface area (Å²) in [5.74, 6) is -1.28. The lowest BCUT2D eigenvalue weighted by molar-refractivity contribution is -0.384. The van der Waals surface area contributed by atoms with Crippen LogP contribution in [0.4, 0.5) is 24.5 Å². The number of amides is 2. The van der Waals surface area contributed by atoms with Gasteiger partial charge >= 0.3 is 18.0 Å². The molecule has 0 unspecified atom stereocenters. The van der Waals surface area contributed by atoms with E-state index in [2.05, 4.69) is 0 Å². The van der Waals surface area contributed by atoms with Gasteiger partial charge in [0.1, 0.15) is 5.69 Å². The molecule has 3 rings (SSSR count).